The average molecular weight is 557 g/mol. The second-order valence-corrected chi connectivity index (χ2v) is 20.6. The highest BCUT2D eigenvalue weighted by Gasteiger charge is 2.59. The van der Waals surface area contributed by atoms with Crippen molar-refractivity contribution in [2.75, 3.05) is 6.61 Å². The van der Waals surface area contributed by atoms with Gasteiger partial charge in [0.1, 0.15) is 0 Å². The summed E-state index contributed by atoms with van der Waals surface area (Å²) >= 11 is 0. The molecule has 0 spiro atoms. The molecule has 3 fully saturated rings. The third-order valence-electron chi connectivity index (χ3n) is 12.8. The van der Waals surface area contributed by atoms with Gasteiger partial charge in [-0.05, 0) is 137 Å². The Labute approximate surface area is 242 Å². The van der Waals surface area contributed by atoms with Crippen LogP contribution in [0.3, 0.4) is 0 Å². The summed E-state index contributed by atoms with van der Waals surface area (Å²) in [5.41, 5.74) is 3.37. The summed E-state index contributed by atoms with van der Waals surface area (Å²) in [7, 11) is -1.73. The standard InChI is InChI=1S/C35H60O3Si/c1-11-37-32(36)25(3)14-12-13-24(2)29-17-18-30-28-16-15-26-23-27(38-39(9,10)33(4,5)6)19-21-34(26,7)31(28)20-22-35(29,30)8/h14-15,24,27-31H,11-13,16-23H2,1-10H3. The first-order chi connectivity index (χ1) is 18.1. The van der Waals surface area contributed by atoms with Gasteiger partial charge in [-0.3, -0.25) is 0 Å². The maximum atomic E-state index is 12.0. The van der Waals surface area contributed by atoms with Gasteiger partial charge in [-0.2, -0.15) is 0 Å². The summed E-state index contributed by atoms with van der Waals surface area (Å²) in [6, 6.07) is 0. The van der Waals surface area contributed by atoms with E-state index in [1.54, 1.807) is 5.57 Å². The summed E-state index contributed by atoms with van der Waals surface area (Å²) in [4.78, 5) is 12.0. The molecule has 3 nitrogen and oxygen atoms in total. The van der Waals surface area contributed by atoms with Crippen LogP contribution < -0.4 is 0 Å². The Bertz CT molecular complexity index is 957. The quantitative estimate of drug-likeness (QED) is 0.129. The van der Waals surface area contributed by atoms with Crippen LogP contribution in [0.25, 0.3) is 0 Å². The van der Waals surface area contributed by atoms with Crippen LogP contribution in [0.5, 0.6) is 0 Å². The molecule has 4 aliphatic rings. The first-order valence-corrected chi connectivity index (χ1v) is 19.3. The van der Waals surface area contributed by atoms with Crippen molar-refractivity contribution in [3.8, 4) is 0 Å². The molecule has 3 saturated carbocycles. The van der Waals surface area contributed by atoms with Crippen molar-refractivity contribution in [3.63, 3.8) is 0 Å². The number of hydrogen-bond donors (Lipinski definition) is 0. The number of esters is 1. The van der Waals surface area contributed by atoms with Gasteiger partial charge < -0.3 is 9.16 Å². The number of rotatable bonds is 8. The van der Waals surface area contributed by atoms with Gasteiger partial charge in [-0.15, -0.1) is 0 Å². The lowest BCUT2D eigenvalue weighted by Gasteiger charge is -2.59. The molecule has 4 heteroatoms. The van der Waals surface area contributed by atoms with E-state index < -0.39 is 8.32 Å². The van der Waals surface area contributed by atoms with E-state index in [1.807, 2.05) is 13.8 Å². The highest BCUT2D eigenvalue weighted by Crippen LogP contribution is 2.67. The molecule has 0 aliphatic heterocycles. The topological polar surface area (TPSA) is 35.5 Å². The second-order valence-electron chi connectivity index (χ2n) is 15.9. The monoisotopic (exact) mass is 556 g/mol. The number of ether oxygens (including phenoxy) is 1. The van der Waals surface area contributed by atoms with Crippen LogP contribution in [0.4, 0.5) is 0 Å². The maximum absolute atomic E-state index is 12.0. The van der Waals surface area contributed by atoms with Crippen molar-refractivity contribution < 1.29 is 14.0 Å². The summed E-state index contributed by atoms with van der Waals surface area (Å²) in [5.74, 6) is 3.95. The Morgan fingerprint density at radius 2 is 1.85 bits per heavy atom. The molecule has 8 unspecified atom stereocenters. The SMILES string of the molecule is CCOC(=O)C(C)=CCCC(C)C1CCC2C3CC=C4CC(O[Si](C)(C)C(C)(C)C)CCC4(C)C3CCC12C. The van der Waals surface area contributed by atoms with Gasteiger partial charge in [0.15, 0.2) is 8.32 Å². The molecule has 0 radical (unpaired) electrons. The summed E-state index contributed by atoms with van der Waals surface area (Å²) in [5, 5.41) is 0.278. The fourth-order valence-electron chi connectivity index (χ4n) is 9.39. The van der Waals surface area contributed by atoms with Gasteiger partial charge in [0.25, 0.3) is 0 Å². The normalized spacial score (nSPS) is 37.8. The van der Waals surface area contributed by atoms with Crippen molar-refractivity contribution in [2.45, 2.75) is 144 Å². The molecule has 8 atom stereocenters. The zero-order valence-corrected chi connectivity index (χ0v) is 28.1. The van der Waals surface area contributed by atoms with Gasteiger partial charge in [-0.1, -0.05) is 59.3 Å². The van der Waals surface area contributed by atoms with Crippen molar-refractivity contribution in [1.82, 2.24) is 0 Å². The Kier molecular flexibility index (Phi) is 9.10. The third kappa shape index (κ3) is 5.90. The molecule has 0 N–H and O–H groups in total. The minimum absolute atomic E-state index is 0.157. The van der Waals surface area contributed by atoms with Crippen molar-refractivity contribution in [2.24, 2.45) is 40.4 Å². The Morgan fingerprint density at radius 3 is 2.51 bits per heavy atom. The number of hydrogen-bond acceptors (Lipinski definition) is 3. The predicted molar refractivity (Wildman–Crippen MR) is 166 cm³/mol. The van der Waals surface area contributed by atoms with E-state index in [0.717, 1.165) is 35.7 Å². The highest BCUT2D eigenvalue weighted by atomic mass is 28.4. The maximum Gasteiger partial charge on any atom is 0.333 e. The lowest BCUT2D eigenvalue weighted by molar-refractivity contribution is -0.138. The summed E-state index contributed by atoms with van der Waals surface area (Å²) < 4.78 is 12.1. The third-order valence-corrected chi connectivity index (χ3v) is 17.3. The van der Waals surface area contributed by atoms with E-state index in [-0.39, 0.29) is 11.0 Å². The molecule has 0 amide bonds. The van der Waals surface area contributed by atoms with Gasteiger partial charge in [0.2, 0.25) is 0 Å². The van der Waals surface area contributed by atoms with Crippen LogP contribution in [0.1, 0.15) is 120 Å². The Balaban J connectivity index is 1.42. The van der Waals surface area contributed by atoms with Crippen molar-refractivity contribution in [1.29, 1.82) is 0 Å². The van der Waals surface area contributed by atoms with E-state index >= 15 is 0 Å². The molecular formula is C35H60O3Si. The highest BCUT2D eigenvalue weighted by molar-refractivity contribution is 6.74. The number of fused-ring (bicyclic) bond motifs is 5. The van der Waals surface area contributed by atoms with Crippen LogP contribution in [-0.4, -0.2) is 27.0 Å². The number of allylic oxidation sites excluding steroid dienone is 2. The van der Waals surface area contributed by atoms with E-state index in [0.29, 0.717) is 29.5 Å². The minimum atomic E-state index is -1.73. The van der Waals surface area contributed by atoms with Gasteiger partial charge in [0.05, 0.1) is 6.61 Å². The first kappa shape index (κ1) is 31.1. The number of carbonyl (C=O) groups excluding carboxylic acids is 1. The van der Waals surface area contributed by atoms with Crippen LogP contribution in [0, 0.1) is 40.4 Å². The van der Waals surface area contributed by atoms with E-state index in [4.69, 9.17) is 9.16 Å². The smallest absolute Gasteiger partial charge is 0.333 e. The van der Waals surface area contributed by atoms with Gasteiger partial charge in [0, 0.05) is 11.7 Å². The van der Waals surface area contributed by atoms with Crippen LogP contribution in [-0.2, 0) is 14.0 Å². The molecule has 222 valence electrons. The molecule has 4 aliphatic carbocycles. The summed E-state index contributed by atoms with van der Waals surface area (Å²) in [6.45, 7) is 23.9. The fraction of sp³-hybridized carbons (Fsp3) is 0.857. The van der Waals surface area contributed by atoms with E-state index in [2.05, 4.69) is 66.8 Å². The number of carbonyl (C=O) groups is 1. The molecule has 0 saturated heterocycles. The van der Waals surface area contributed by atoms with Gasteiger partial charge >= 0.3 is 5.97 Å². The molecule has 0 heterocycles. The molecule has 0 aromatic rings. The lowest BCUT2D eigenvalue weighted by atomic mass is 9.47. The van der Waals surface area contributed by atoms with Gasteiger partial charge in [-0.25, -0.2) is 4.79 Å². The van der Waals surface area contributed by atoms with Crippen LogP contribution in [0.15, 0.2) is 23.3 Å². The zero-order chi connectivity index (χ0) is 28.8. The minimum Gasteiger partial charge on any atom is -0.463 e. The largest absolute Gasteiger partial charge is 0.463 e. The zero-order valence-electron chi connectivity index (χ0n) is 27.1. The molecule has 0 aromatic heterocycles. The second kappa shape index (κ2) is 11.4. The van der Waals surface area contributed by atoms with E-state index in [1.165, 1.54) is 57.8 Å². The Hall–Kier alpha value is -0.873. The van der Waals surface area contributed by atoms with Crippen molar-refractivity contribution in [3.05, 3.63) is 23.3 Å². The molecule has 0 bridgehead atoms. The average Bonchev–Trinajstić information content (AvgIpc) is 3.20. The first-order valence-electron chi connectivity index (χ1n) is 16.3. The lowest BCUT2D eigenvalue weighted by Crippen LogP contribution is -2.52. The molecule has 0 aromatic carbocycles. The van der Waals surface area contributed by atoms with Crippen LogP contribution >= 0.6 is 0 Å². The van der Waals surface area contributed by atoms with Crippen molar-refractivity contribution >= 4 is 14.3 Å². The molecule has 4 rings (SSSR count). The summed E-state index contributed by atoms with van der Waals surface area (Å²) in [6.07, 6.45) is 18.0. The van der Waals surface area contributed by atoms with Crippen LogP contribution in [0.2, 0.25) is 18.1 Å². The van der Waals surface area contributed by atoms with E-state index in [9.17, 15) is 4.79 Å². The molecule has 39 heavy (non-hydrogen) atoms. The Morgan fingerprint density at radius 1 is 1.13 bits per heavy atom. The predicted octanol–water partition coefficient (Wildman–Crippen LogP) is 9.88. The molecular weight excluding hydrogens is 496 g/mol. The fourth-order valence-corrected chi connectivity index (χ4v) is 10.8.